The van der Waals surface area contributed by atoms with Crippen molar-refractivity contribution in [2.24, 2.45) is 17.6 Å². The molecule has 1 heterocycles. The molecule has 3 atom stereocenters. The summed E-state index contributed by atoms with van der Waals surface area (Å²) >= 11 is 0. The standard InChI is InChI=1S/C41H54N8O8S2.5CO2/c1-5-18-49(25-29-8-13-34-33(24-29)40(56)48-41(43)47-34)31-11-9-30(10-12-31)39(55)44-16-6-7-36(52)57-19-21-59-58-20-14-32(50)22-26(2)38(54)46-28(4)35(51)23-27(3)37(53)45-17-15-42;5*2-1-3/h1,8-13,24,26-28H,6-7,14-23,25,42H2,2-4H3,(H,44,55)(H,45,53)(H,46,54)(H3,43,47,48,56);;;;;. The largest absolute Gasteiger partial charge is 0.465 e. The number of ketones is 2. The van der Waals surface area contributed by atoms with Gasteiger partial charge in [0.2, 0.25) is 17.8 Å². The quantitative estimate of drug-likeness (QED) is 0.0263. The first-order valence-corrected chi connectivity index (χ1v) is 23.8. The molecule has 0 saturated carbocycles. The van der Waals surface area contributed by atoms with Crippen molar-refractivity contribution in [3.05, 3.63) is 63.9 Å². The Bertz CT molecular complexity index is 2450. The van der Waals surface area contributed by atoms with Crippen LogP contribution < -0.4 is 37.9 Å². The number of nitrogens with two attached hydrogens (primary N) is 2. The smallest absolute Gasteiger partial charge is 0.373 e. The number of hydrogen-bond acceptors (Lipinski definition) is 24. The van der Waals surface area contributed by atoms with Gasteiger partial charge in [-0.25, -0.2) is 4.98 Å². The molecular weight excluding hydrogens is 1020 g/mol. The van der Waals surface area contributed by atoms with Crippen LogP contribution in [0.15, 0.2) is 47.3 Å². The van der Waals surface area contributed by atoms with Crippen LogP contribution in [0.2, 0.25) is 0 Å². The highest BCUT2D eigenvalue weighted by molar-refractivity contribution is 8.76. The summed E-state index contributed by atoms with van der Waals surface area (Å²) in [6.07, 6.45) is 7.71. The third-order valence-electron chi connectivity index (χ3n) is 8.98. The number of fused-ring (bicyclic) bond motifs is 1. The number of carbonyl (C=O) groups excluding carboxylic acids is 16. The molecule has 0 aliphatic carbocycles. The number of nitrogens with one attached hydrogen (secondary N) is 4. The Morgan fingerprint density at radius 2 is 1.34 bits per heavy atom. The van der Waals surface area contributed by atoms with Crippen LogP contribution in [0.3, 0.4) is 0 Å². The number of aromatic nitrogens is 2. The SMILES string of the molecule is C#CCN(Cc1ccc2nc(N)[nH]c(=O)c2c1)c1ccc(C(=O)NCCCC(=O)OCCSSCCC(=O)CC(C)C(=O)NC(C)C(=O)CC(C)C(=O)NCCN)cc1.O=C=O.O=C=O.O=C=O.O=C=O.O=C=O. The summed E-state index contributed by atoms with van der Waals surface area (Å²) in [6, 6.07) is 11.5. The average Bonchev–Trinajstić information content (AvgIpc) is 3.35. The van der Waals surface area contributed by atoms with Crippen molar-refractivity contribution in [1.29, 1.82) is 0 Å². The van der Waals surface area contributed by atoms with E-state index in [0.717, 1.165) is 11.3 Å². The van der Waals surface area contributed by atoms with Crippen LogP contribution in [0.25, 0.3) is 10.9 Å². The molecule has 3 aromatic rings. The minimum Gasteiger partial charge on any atom is -0.465 e. The van der Waals surface area contributed by atoms with E-state index in [4.69, 9.17) is 70.6 Å². The molecular formula is C46H54N8O18S2. The molecule has 0 bridgehead atoms. The second kappa shape index (κ2) is 44.5. The van der Waals surface area contributed by atoms with Gasteiger partial charge in [0, 0.05) is 86.5 Å². The number of nitrogens with zero attached hydrogens (tertiary/aromatic N) is 2. The minimum atomic E-state index is -0.786. The third-order valence-corrected chi connectivity index (χ3v) is 11.4. The molecule has 0 aliphatic heterocycles. The summed E-state index contributed by atoms with van der Waals surface area (Å²) < 4.78 is 5.28. The van der Waals surface area contributed by atoms with Gasteiger partial charge in [0.1, 0.15) is 12.4 Å². The van der Waals surface area contributed by atoms with Crippen LogP contribution in [0.1, 0.15) is 68.8 Å². The van der Waals surface area contributed by atoms with E-state index in [9.17, 15) is 33.6 Å². The zero-order valence-electron chi connectivity index (χ0n) is 40.3. The topological polar surface area (TPSA) is 419 Å². The monoisotopic (exact) mass is 1070 g/mol. The van der Waals surface area contributed by atoms with Gasteiger partial charge in [0.15, 0.2) is 5.78 Å². The molecule has 0 aliphatic rings. The number of terminal acetylenes is 1. The van der Waals surface area contributed by atoms with E-state index in [1.165, 1.54) is 21.6 Å². The van der Waals surface area contributed by atoms with Crippen molar-refractivity contribution in [3.8, 4) is 12.3 Å². The molecule has 0 spiro atoms. The highest BCUT2D eigenvalue weighted by atomic mass is 33.1. The molecule has 74 heavy (non-hydrogen) atoms. The van der Waals surface area contributed by atoms with Gasteiger partial charge < -0.3 is 37.1 Å². The van der Waals surface area contributed by atoms with Gasteiger partial charge >= 0.3 is 36.7 Å². The van der Waals surface area contributed by atoms with Crippen LogP contribution in [-0.2, 0) is 83.2 Å². The van der Waals surface area contributed by atoms with Gasteiger partial charge in [0.05, 0.1) is 23.5 Å². The maximum atomic E-state index is 12.7. The number of anilines is 2. The van der Waals surface area contributed by atoms with Crippen LogP contribution in [0.5, 0.6) is 0 Å². The highest BCUT2D eigenvalue weighted by Gasteiger charge is 2.24. The fourth-order valence-corrected chi connectivity index (χ4v) is 7.54. The number of rotatable bonds is 26. The maximum absolute atomic E-state index is 12.7. The summed E-state index contributed by atoms with van der Waals surface area (Å²) in [5, 5.41) is 8.51. The fourth-order valence-electron chi connectivity index (χ4n) is 5.68. The van der Waals surface area contributed by atoms with Crippen molar-refractivity contribution in [2.45, 2.75) is 65.5 Å². The van der Waals surface area contributed by atoms with Gasteiger partial charge in [-0.05, 0) is 55.3 Å². The van der Waals surface area contributed by atoms with E-state index >= 15 is 0 Å². The minimum absolute atomic E-state index is 0.0229. The Balaban J connectivity index is -0.00000299. The van der Waals surface area contributed by atoms with E-state index in [-0.39, 0.29) is 110 Å². The predicted octanol–water partition coefficient (Wildman–Crippen LogP) is -0.177. The van der Waals surface area contributed by atoms with Crippen molar-refractivity contribution < 1.29 is 81.4 Å². The van der Waals surface area contributed by atoms with Crippen molar-refractivity contribution in [2.75, 3.05) is 54.9 Å². The van der Waals surface area contributed by atoms with Gasteiger partial charge in [-0.3, -0.25) is 38.5 Å². The van der Waals surface area contributed by atoms with E-state index in [0.29, 0.717) is 60.6 Å². The lowest BCUT2D eigenvalue weighted by Crippen LogP contribution is -2.43. The molecule has 2 aromatic carbocycles. The van der Waals surface area contributed by atoms with Crippen molar-refractivity contribution in [1.82, 2.24) is 25.9 Å². The first-order chi connectivity index (χ1) is 35.3. The average molecular weight is 1070 g/mol. The first-order valence-electron chi connectivity index (χ1n) is 21.3. The van der Waals surface area contributed by atoms with Crippen LogP contribution in [-0.4, -0.2) is 126 Å². The van der Waals surface area contributed by atoms with Crippen LogP contribution in [0.4, 0.5) is 11.6 Å². The Labute approximate surface area is 430 Å². The van der Waals surface area contributed by atoms with Gasteiger partial charge in [-0.2, -0.15) is 47.9 Å². The van der Waals surface area contributed by atoms with Crippen molar-refractivity contribution in [3.63, 3.8) is 0 Å². The third kappa shape index (κ3) is 33.2. The molecule has 1 aromatic heterocycles. The molecule has 28 heteroatoms. The predicted molar refractivity (Wildman–Crippen MR) is 257 cm³/mol. The Morgan fingerprint density at radius 3 is 1.91 bits per heavy atom. The molecule has 0 saturated heterocycles. The lowest BCUT2D eigenvalue weighted by atomic mass is 9.98. The summed E-state index contributed by atoms with van der Waals surface area (Å²) in [7, 11) is 2.94. The van der Waals surface area contributed by atoms with Crippen LogP contribution >= 0.6 is 21.6 Å². The summed E-state index contributed by atoms with van der Waals surface area (Å²) in [5.74, 6) is 0.903. The number of ether oxygens (including phenoxy) is 1. The molecule has 3 rings (SSSR count). The number of hydrogen-bond donors (Lipinski definition) is 6. The maximum Gasteiger partial charge on any atom is 0.373 e. The number of esters is 1. The number of Topliss-reactive ketones (excluding diaryl/α,β-unsaturated/α-hetero) is 2. The first kappa shape index (κ1) is 69.8. The molecule has 3 unspecified atom stereocenters. The molecule has 8 N–H and O–H groups in total. The van der Waals surface area contributed by atoms with E-state index < -0.39 is 23.8 Å². The van der Waals surface area contributed by atoms with E-state index in [1.807, 2.05) is 11.0 Å². The zero-order valence-corrected chi connectivity index (χ0v) is 41.9. The second-order valence-corrected chi connectivity index (χ2v) is 17.0. The number of benzene rings is 2. The second-order valence-electron chi connectivity index (χ2n) is 14.3. The molecule has 398 valence electrons. The van der Waals surface area contributed by atoms with Gasteiger partial charge in [-0.15, -0.1) is 6.42 Å². The molecule has 0 fully saturated rings. The van der Waals surface area contributed by atoms with E-state index in [1.54, 1.807) is 57.2 Å². The molecule has 0 radical (unpaired) electrons. The Hall–Kier alpha value is -8.48. The lowest BCUT2D eigenvalue weighted by molar-refractivity contribution is -0.193. The Morgan fingerprint density at radius 1 is 0.770 bits per heavy atom. The summed E-state index contributed by atoms with van der Waals surface area (Å²) in [5.41, 5.74) is 13.3. The highest BCUT2D eigenvalue weighted by Crippen LogP contribution is 2.23. The van der Waals surface area contributed by atoms with E-state index in [2.05, 4.69) is 31.8 Å². The van der Waals surface area contributed by atoms with Gasteiger partial charge in [0.25, 0.3) is 11.5 Å². The molecule has 26 nitrogen and oxygen atoms in total. The van der Waals surface area contributed by atoms with Crippen LogP contribution in [0, 0.1) is 24.2 Å². The number of H-pyrrole nitrogens is 1. The fraction of sp³-hybridized carbons (Fsp3) is 0.413. The Kier molecular flexibility index (Phi) is 41.9. The number of amides is 3. The normalized spacial score (nSPS) is 10.4. The van der Waals surface area contributed by atoms with Crippen molar-refractivity contribution >= 4 is 110 Å². The zero-order chi connectivity index (χ0) is 56.9. The summed E-state index contributed by atoms with van der Waals surface area (Å²) in [4.78, 5) is 177. The van der Waals surface area contributed by atoms with Gasteiger partial charge in [-0.1, -0.05) is 47.4 Å². The number of nitrogen functional groups attached to an aromatic ring is 1. The number of aromatic amines is 1. The summed E-state index contributed by atoms with van der Waals surface area (Å²) in [6.45, 7) is 6.65. The molecule has 3 amide bonds. The number of carbonyl (C=O) groups is 6. The lowest BCUT2D eigenvalue weighted by Gasteiger charge is -2.23.